The summed E-state index contributed by atoms with van der Waals surface area (Å²) < 4.78 is 0. The van der Waals surface area contributed by atoms with Crippen molar-refractivity contribution in [2.24, 2.45) is 11.8 Å². The van der Waals surface area contributed by atoms with Crippen LogP contribution in [0.1, 0.15) is 25.7 Å². The van der Waals surface area contributed by atoms with Crippen molar-refractivity contribution in [2.75, 3.05) is 0 Å². The van der Waals surface area contributed by atoms with Crippen molar-refractivity contribution >= 4 is 0 Å². The molecule has 0 aliphatic heterocycles. The molecule has 2 aliphatic carbocycles. The lowest BCUT2D eigenvalue weighted by atomic mass is 9.76. The molecule has 0 heterocycles. The van der Waals surface area contributed by atoms with Gasteiger partial charge in [0.1, 0.15) is 0 Å². The van der Waals surface area contributed by atoms with Crippen molar-refractivity contribution in [3.63, 3.8) is 0 Å². The van der Waals surface area contributed by atoms with Crippen LogP contribution < -0.4 is 0 Å². The summed E-state index contributed by atoms with van der Waals surface area (Å²) in [6.45, 7) is 8.25. The van der Waals surface area contributed by atoms with Gasteiger partial charge >= 0.3 is 0 Å². The standard InChI is InChI=1S/C11H15/c1-8-6-7-9(2)11-5-3-4-10(8)11/h4,10-11H,1-3,5-7H2. The van der Waals surface area contributed by atoms with E-state index in [0.717, 1.165) is 5.92 Å². The largest absolute Gasteiger partial charge is 0.0995 e. The lowest BCUT2D eigenvalue weighted by Gasteiger charge is -2.29. The van der Waals surface area contributed by atoms with Crippen LogP contribution in [0.15, 0.2) is 24.3 Å². The Balaban J connectivity index is 2.20. The van der Waals surface area contributed by atoms with Gasteiger partial charge in [-0.15, -0.1) is 0 Å². The van der Waals surface area contributed by atoms with E-state index in [4.69, 9.17) is 0 Å². The lowest BCUT2D eigenvalue weighted by Crippen LogP contribution is -2.17. The van der Waals surface area contributed by atoms with Gasteiger partial charge in [-0.3, -0.25) is 0 Å². The summed E-state index contributed by atoms with van der Waals surface area (Å²) in [6, 6.07) is 0. The van der Waals surface area contributed by atoms with E-state index >= 15 is 0 Å². The van der Waals surface area contributed by atoms with Crippen LogP contribution in [0.3, 0.4) is 0 Å². The van der Waals surface area contributed by atoms with Crippen LogP contribution in [-0.4, -0.2) is 0 Å². The summed E-state index contributed by atoms with van der Waals surface area (Å²) in [7, 11) is 0. The van der Waals surface area contributed by atoms with Gasteiger partial charge in [0.15, 0.2) is 0 Å². The van der Waals surface area contributed by atoms with E-state index in [1.165, 1.54) is 36.8 Å². The Bertz CT molecular complexity index is 178. The van der Waals surface area contributed by atoms with Gasteiger partial charge < -0.3 is 0 Å². The molecule has 0 aromatic rings. The quantitative estimate of drug-likeness (QED) is 0.462. The van der Waals surface area contributed by atoms with Crippen LogP contribution in [0.2, 0.25) is 0 Å². The first-order chi connectivity index (χ1) is 5.29. The Morgan fingerprint density at radius 1 is 1.18 bits per heavy atom. The van der Waals surface area contributed by atoms with Gasteiger partial charge in [0.2, 0.25) is 0 Å². The minimum absolute atomic E-state index is 0.691. The summed E-state index contributed by atoms with van der Waals surface area (Å²) in [5.74, 6) is 1.45. The molecule has 0 N–H and O–H groups in total. The Hall–Kier alpha value is -0.520. The zero-order chi connectivity index (χ0) is 7.84. The van der Waals surface area contributed by atoms with Crippen molar-refractivity contribution in [1.29, 1.82) is 0 Å². The van der Waals surface area contributed by atoms with E-state index in [2.05, 4.69) is 19.6 Å². The first kappa shape index (κ1) is 7.15. The molecule has 2 saturated carbocycles. The summed E-state index contributed by atoms with van der Waals surface area (Å²) >= 11 is 0. The number of hydrogen-bond donors (Lipinski definition) is 0. The molecule has 2 aliphatic rings. The molecular weight excluding hydrogens is 132 g/mol. The molecule has 0 amide bonds. The molecule has 0 bridgehead atoms. The van der Waals surface area contributed by atoms with Gasteiger partial charge in [0.05, 0.1) is 0 Å². The second-order valence-corrected chi connectivity index (χ2v) is 3.76. The van der Waals surface area contributed by atoms with Crippen molar-refractivity contribution in [3.05, 3.63) is 30.7 Å². The Labute approximate surface area is 69.0 Å². The highest BCUT2D eigenvalue weighted by Gasteiger charge is 2.33. The van der Waals surface area contributed by atoms with Gasteiger partial charge in [0, 0.05) is 0 Å². The molecule has 2 atom stereocenters. The minimum atomic E-state index is 0.691. The van der Waals surface area contributed by atoms with Gasteiger partial charge in [-0.2, -0.15) is 0 Å². The van der Waals surface area contributed by atoms with E-state index in [1.54, 1.807) is 0 Å². The molecule has 0 aromatic heterocycles. The molecule has 0 nitrogen and oxygen atoms in total. The predicted octanol–water partition coefficient (Wildman–Crippen LogP) is 3.12. The molecule has 0 spiro atoms. The molecular formula is C11H15. The fourth-order valence-corrected chi connectivity index (χ4v) is 2.38. The SMILES string of the molecule is C=C1CCC(=C)C2CC[CH]C12. The fourth-order valence-electron chi connectivity index (χ4n) is 2.38. The average Bonchev–Trinajstić information content (AvgIpc) is 2.45. The third-order valence-corrected chi connectivity index (χ3v) is 3.09. The maximum Gasteiger partial charge on any atom is -0.0109 e. The van der Waals surface area contributed by atoms with Crippen LogP contribution in [0.4, 0.5) is 0 Å². The van der Waals surface area contributed by atoms with E-state index in [0.29, 0.717) is 5.92 Å². The van der Waals surface area contributed by atoms with E-state index in [1.807, 2.05) is 0 Å². The summed E-state index contributed by atoms with van der Waals surface area (Å²) in [6.07, 6.45) is 7.39. The number of allylic oxidation sites excluding steroid dienone is 2. The third-order valence-electron chi connectivity index (χ3n) is 3.09. The van der Waals surface area contributed by atoms with Gasteiger partial charge in [-0.1, -0.05) is 24.3 Å². The highest BCUT2D eigenvalue weighted by Crippen LogP contribution is 2.45. The normalized spacial score (nSPS) is 37.5. The predicted molar refractivity (Wildman–Crippen MR) is 48.0 cm³/mol. The third kappa shape index (κ3) is 1.05. The first-order valence-electron chi connectivity index (χ1n) is 4.47. The monoisotopic (exact) mass is 147 g/mol. The minimum Gasteiger partial charge on any atom is -0.0995 e. The van der Waals surface area contributed by atoms with Gasteiger partial charge in [-0.25, -0.2) is 0 Å². The molecule has 2 fully saturated rings. The zero-order valence-corrected chi connectivity index (χ0v) is 6.97. The topological polar surface area (TPSA) is 0 Å². The van der Waals surface area contributed by atoms with Crippen molar-refractivity contribution in [3.8, 4) is 0 Å². The zero-order valence-electron chi connectivity index (χ0n) is 6.97. The molecule has 11 heavy (non-hydrogen) atoms. The molecule has 0 aromatic carbocycles. The Kier molecular flexibility index (Phi) is 1.63. The van der Waals surface area contributed by atoms with Crippen LogP contribution in [0, 0.1) is 18.3 Å². The Morgan fingerprint density at radius 2 is 1.91 bits per heavy atom. The van der Waals surface area contributed by atoms with Crippen molar-refractivity contribution in [1.82, 2.24) is 0 Å². The summed E-state index contributed by atoms with van der Waals surface area (Å²) in [5.41, 5.74) is 2.91. The molecule has 1 radical (unpaired) electrons. The summed E-state index contributed by atoms with van der Waals surface area (Å²) in [5, 5.41) is 0. The first-order valence-corrected chi connectivity index (χ1v) is 4.47. The maximum absolute atomic E-state index is 4.13. The van der Waals surface area contributed by atoms with Crippen LogP contribution in [-0.2, 0) is 0 Å². The lowest BCUT2D eigenvalue weighted by molar-refractivity contribution is 0.471. The fraction of sp³-hybridized carbons (Fsp3) is 0.545. The number of fused-ring (bicyclic) bond motifs is 1. The van der Waals surface area contributed by atoms with E-state index < -0.39 is 0 Å². The van der Waals surface area contributed by atoms with E-state index in [-0.39, 0.29) is 0 Å². The molecule has 2 rings (SSSR count). The molecule has 0 heteroatoms. The summed E-state index contributed by atoms with van der Waals surface area (Å²) in [4.78, 5) is 0. The number of rotatable bonds is 0. The van der Waals surface area contributed by atoms with Crippen LogP contribution >= 0.6 is 0 Å². The average molecular weight is 147 g/mol. The molecule has 0 saturated heterocycles. The Morgan fingerprint density at radius 3 is 2.64 bits per heavy atom. The maximum atomic E-state index is 4.13. The second-order valence-electron chi connectivity index (χ2n) is 3.76. The van der Waals surface area contributed by atoms with Crippen LogP contribution in [0.25, 0.3) is 0 Å². The van der Waals surface area contributed by atoms with Gasteiger partial charge in [-0.05, 0) is 43.9 Å². The molecule has 2 unspecified atom stereocenters. The van der Waals surface area contributed by atoms with E-state index in [9.17, 15) is 0 Å². The second kappa shape index (κ2) is 2.51. The van der Waals surface area contributed by atoms with Crippen LogP contribution in [0.5, 0.6) is 0 Å². The van der Waals surface area contributed by atoms with Crippen molar-refractivity contribution < 1.29 is 0 Å². The highest BCUT2D eigenvalue weighted by atomic mass is 14.4. The van der Waals surface area contributed by atoms with Gasteiger partial charge in [0.25, 0.3) is 0 Å². The van der Waals surface area contributed by atoms with Crippen molar-refractivity contribution in [2.45, 2.75) is 25.7 Å². The highest BCUT2D eigenvalue weighted by molar-refractivity contribution is 5.24. The molecule has 59 valence electrons. The number of hydrogen-bond acceptors (Lipinski definition) is 0. The smallest absolute Gasteiger partial charge is 0.0109 e.